The highest BCUT2D eigenvalue weighted by Crippen LogP contribution is 2.26. The Labute approximate surface area is 167 Å². The summed E-state index contributed by atoms with van der Waals surface area (Å²) >= 11 is 0. The molecular weight excluding hydrogens is 360 g/mol. The zero-order valence-electron chi connectivity index (χ0n) is 16.6. The number of aliphatic hydroxyl groups excluding tert-OH is 3. The van der Waals surface area contributed by atoms with Gasteiger partial charge in [-0.15, -0.1) is 0 Å². The van der Waals surface area contributed by atoms with Gasteiger partial charge in [-0.25, -0.2) is 0 Å². The molecule has 0 amide bonds. The van der Waals surface area contributed by atoms with E-state index in [1.54, 1.807) is 0 Å². The molecule has 4 N–H and O–H groups in total. The normalized spacial score (nSPS) is 25.5. The number of carbonyl (C=O) groups is 1. The van der Waals surface area contributed by atoms with Gasteiger partial charge in [-0.3, -0.25) is 4.79 Å². The van der Waals surface area contributed by atoms with Crippen LogP contribution >= 0.6 is 0 Å². The van der Waals surface area contributed by atoms with Gasteiger partial charge in [0.05, 0.1) is 30.5 Å². The lowest BCUT2D eigenvalue weighted by atomic mass is 10.0. The molecule has 6 heteroatoms. The van der Waals surface area contributed by atoms with Gasteiger partial charge in [0.2, 0.25) is 0 Å². The van der Waals surface area contributed by atoms with Crippen LogP contribution in [0, 0.1) is 0 Å². The number of aliphatic hydroxyl groups is 3. The van der Waals surface area contributed by atoms with Gasteiger partial charge < -0.3 is 25.2 Å². The van der Waals surface area contributed by atoms with E-state index in [9.17, 15) is 20.1 Å². The summed E-state index contributed by atoms with van der Waals surface area (Å²) in [6.07, 6.45) is 15.3. The Balaban J connectivity index is 2.28. The Morgan fingerprint density at radius 2 is 1.71 bits per heavy atom. The van der Waals surface area contributed by atoms with Crippen LogP contribution in [0.25, 0.3) is 0 Å². The second-order valence-electron chi connectivity index (χ2n) is 6.92. The van der Waals surface area contributed by atoms with Gasteiger partial charge in [-0.1, -0.05) is 55.5 Å². The number of carboxylic acid groups (broad SMARTS) is 1. The van der Waals surface area contributed by atoms with Gasteiger partial charge in [0, 0.05) is 12.8 Å². The first-order valence-corrected chi connectivity index (χ1v) is 9.98. The van der Waals surface area contributed by atoms with E-state index >= 15 is 0 Å². The molecule has 0 aromatic carbocycles. The van der Waals surface area contributed by atoms with Gasteiger partial charge in [-0.2, -0.15) is 0 Å². The quantitative estimate of drug-likeness (QED) is 0.358. The largest absolute Gasteiger partial charge is 0.481 e. The fourth-order valence-corrected chi connectivity index (χ4v) is 2.90. The lowest BCUT2D eigenvalue weighted by Crippen LogP contribution is -2.25. The first-order chi connectivity index (χ1) is 13.4. The highest BCUT2D eigenvalue weighted by molar-refractivity contribution is 5.66. The highest BCUT2D eigenvalue weighted by atomic mass is 16.5. The second kappa shape index (κ2) is 14.3. The average Bonchev–Trinajstić information content (AvgIpc) is 3.04. The van der Waals surface area contributed by atoms with Crippen molar-refractivity contribution in [3.63, 3.8) is 0 Å². The Morgan fingerprint density at radius 3 is 2.36 bits per heavy atom. The van der Waals surface area contributed by atoms with Crippen molar-refractivity contribution in [1.29, 1.82) is 0 Å². The van der Waals surface area contributed by atoms with E-state index in [1.165, 1.54) is 12.2 Å². The van der Waals surface area contributed by atoms with Crippen molar-refractivity contribution >= 4 is 5.97 Å². The van der Waals surface area contributed by atoms with E-state index in [4.69, 9.17) is 9.84 Å². The topological polar surface area (TPSA) is 107 Å². The summed E-state index contributed by atoms with van der Waals surface area (Å²) in [5.41, 5.74) is 0. The predicted octanol–water partition coefficient (Wildman–Crippen LogP) is 2.90. The molecule has 0 radical (unpaired) electrons. The van der Waals surface area contributed by atoms with Crippen LogP contribution in [-0.4, -0.2) is 56.9 Å². The molecule has 0 aliphatic carbocycles. The SMILES string of the molecule is CC/C=C\C/C=C\C/C=C\C[C@@H](O)/C=C/[C@H](O)[C@@H]1C[C@@H](O)[C@@H](CCC(=O)O)O1. The van der Waals surface area contributed by atoms with E-state index in [-0.39, 0.29) is 19.3 Å². The van der Waals surface area contributed by atoms with Gasteiger partial charge in [0.25, 0.3) is 0 Å². The third-order valence-electron chi connectivity index (χ3n) is 4.46. The van der Waals surface area contributed by atoms with E-state index in [0.717, 1.165) is 19.3 Å². The molecule has 5 atom stereocenters. The van der Waals surface area contributed by atoms with Crippen molar-refractivity contribution in [2.75, 3.05) is 0 Å². The third-order valence-corrected chi connectivity index (χ3v) is 4.46. The fourth-order valence-electron chi connectivity index (χ4n) is 2.90. The lowest BCUT2D eigenvalue weighted by molar-refractivity contribution is -0.138. The van der Waals surface area contributed by atoms with Crippen LogP contribution in [0.4, 0.5) is 0 Å². The average molecular weight is 395 g/mol. The molecule has 1 rings (SSSR count). The third kappa shape index (κ3) is 10.6. The molecule has 0 saturated carbocycles. The van der Waals surface area contributed by atoms with Crippen LogP contribution in [0.3, 0.4) is 0 Å². The van der Waals surface area contributed by atoms with Gasteiger partial charge in [0.1, 0.15) is 0 Å². The van der Waals surface area contributed by atoms with Crippen molar-refractivity contribution in [2.45, 2.75) is 82.4 Å². The minimum atomic E-state index is -0.956. The van der Waals surface area contributed by atoms with Crippen LogP contribution in [-0.2, 0) is 9.53 Å². The van der Waals surface area contributed by atoms with Crippen LogP contribution in [0.2, 0.25) is 0 Å². The zero-order chi connectivity index (χ0) is 20.8. The standard InChI is InChI=1S/C22H34O6/c1-2-3-4-5-6-7-8-9-10-11-17(23)12-13-18(24)21-16-19(25)20(28-21)14-15-22(26)27/h3-4,6-7,9-10,12-13,17-21,23-25H,2,5,8,11,14-16H2,1H3,(H,26,27)/b4-3-,7-6-,10-9-,13-12+/t17-,18+,19-,20-,21+/m1/s1. The summed E-state index contributed by atoms with van der Waals surface area (Å²) in [5, 5.41) is 38.7. The van der Waals surface area contributed by atoms with Crippen molar-refractivity contribution in [3.8, 4) is 0 Å². The van der Waals surface area contributed by atoms with Crippen molar-refractivity contribution in [1.82, 2.24) is 0 Å². The number of allylic oxidation sites excluding steroid dienone is 5. The second-order valence-corrected chi connectivity index (χ2v) is 6.92. The van der Waals surface area contributed by atoms with Crippen molar-refractivity contribution in [2.24, 2.45) is 0 Å². The maximum absolute atomic E-state index is 10.6. The lowest BCUT2D eigenvalue weighted by Gasteiger charge is -2.16. The molecule has 158 valence electrons. The molecule has 1 heterocycles. The molecule has 6 nitrogen and oxygen atoms in total. The number of hydrogen-bond acceptors (Lipinski definition) is 5. The Morgan fingerprint density at radius 1 is 1.07 bits per heavy atom. The molecule has 1 saturated heterocycles. The summed E-state index contributed by atoms with van der Waals surface area (Å²) in [6.45, 7) is 2.10. The molecule has 1 aliphatic rings. The predicted molar refractivity (Wildman–Crippen MR) is 109 cm³/mol. The van der Waals surface area contributed by atoms with Gasteiger partial charge >= 0.3 is 5.97 Å². The molecule has 0 unspecified atom stereocenters. The molecule has 0 aromatic rings. The molecule has 0 aromatic heterocycles. The minimum Gasteiger partial charge on any atom is -0.481 e. The Bertz CT molecular complexity index is 551. The summed E-state index contributed by atoms with van der Waals surface area (Å²) in [7, 11) is 0. The first kappa shape index (κ1) is 24.3. The monoisotopic (exact) mass is 394 g/mol. The number of aliphatic carboxylic acids is 1. The molecule has 0 spiro atoms. The van der Waals surface area contributed by atoms with Crippen molar-refractivity contribution in [3.05, 3.63) is 48.6 Å². The van der Waals surface area contributed by atoms with Crippen LogP contribution < -0.4 is 0 Å². The highest BCUT2D eigenvalue weighted by Gasteiger charge is 2.36. The van der Waals surface area contributed by atoms with Crippen LogP contribution in [0.1, 0.15) is 51.9 Å². The molecule has 1 fully saturated rings. The van der Waals surface area contributed by atoms with Crippen molar-refractivity contribution < 1.29 is 30.0 Å². The first-order valence-electron chi connectivity index (χ1n) is 9.98. The summed E-state index contributed by atoms with van der Waals surface area (Å²) < 4.78 is 5.56. The molecular formula is C22H34O6. The molecule has 0 bridgehead atoms. The van der Waals surface area contributed by atoms with E-state index in [0.29, 0.717) is 6.42 Å². The number of rotatable bonds is 13. The van der Waals surface area contributed by atoms with Gasteiger partial charge in [0.15, 0.2) is 0 Å². The number of ether oxygens (including phenoxy) is 1. The maximum atomic E-state index is 10.6. The minimum absolute atomic E-state index is 0.0872. The van der Waals surface area contributed by atoms with E-state index < -0.39 is 36.5 Å². The van der Waals surface area contributed by atoms with E-state index in [1.807, 2.05) is 12.2 Å². The summed E-state index contributed by atoms with van der Waals surface area (Å²) in [6, 6.07) is 0. The molecule has 28 heavy (non-hydrogen) atoms. The van der Waals surface area contributed by atoms with Crippen LogP contribution in [0.5, 0.6) is 0 Å². The molecule has 1 aliphatic heterocycles. The number of carboxylic acids is 1. The Kier molecular flexibility index (Phi) is 12.4. The van der Waals surface area contributed by atoms with Crippen LogP contribution in [0.15, 0.2) is 48.6 Å². The fraction of sp³-hybridized carbons (Fsp3) is 0.591. The maximum Gasteiger partial charge on any atom is 0.303 e. The summed E-state index contributed by atoms with van der Waals surface area (Å²) in [4.78, 5) is 10.6. The smallest absolute Gasteiger partial charge is 0.303 e. The Hall–Kier alpha value is -1.73. The van der Waals surface area contributed by atoms with E-state index in [2.05, 4.69) is 31.2 Å². The number of hydrogen-bond donors (Lipinski definition) is 4. The van der Waals surface area contributed by atoms with Gasteiger partial charge in [-0.05, 0) is 32.1 Å². The summed E-state index contributed by atoms with van der Waals surface area (Å²) in [5.74, 6) is -0.945. The zero-order valence-corrected chi connectivity index (χ0v) is 16.6.